The summed E-state index contributed by atoms with van der Waals surface area (Å²) in [5.74, 6) is -3.72. The van der Waals surface area contributed by atoms with E-state index in [1.807, 2.05) is 30.3 Å². The van der Waals surface area contributed by atoms with Gasteiger partial charge in [0, 0.05) is 21.3 Å². The van der Waals surface area contributed by atoms with E-state index in [1.54, 1.807) is 48.5 Å². The highest BCUT2D eigenvalue weighted by Crippen LogP contribution is 2.37. The molecule has 0 aliphatic carbocycles. The van der Waals surface area contributed by atoms with Crippen LogP contribution in [0.3, 0.4) is 0 Å². The Kier molecular flexibility index (Phi) is 8.65. The van der Waals surface area contributed by atoms with Crippen molar-refractivity contribution in [3.63, 3.8) is 0 Å². The molecule has 0 aromatic heterocycles. The molecule has 2 amide bonds. The van der Waals surface area contributed by atoms with Crippen LogP contribution in [0.1, 0.15) is 41.9 Å². The van der Waals surface area contributed by atoms with Crippen molar-refractivity contribution < 1.29 is 29.4 Å². The van der Waals surface area contributed by atoms with E-state index in [0.717, 1.165) is 17.7 Å². The highest BCUT2D eigenvalue weighted by molar-refractivity contribution is 8.00. The zero-order valence-electron chi connectivity index (χ0n) is 20.1. The number of nitrogens with one attached hydrogen (secondary N) is 2. The summed E-state index contributed by atoms with van der Waals surface area (Å²) in [7, 11) is 0. The van der Waals surface area contributed by atoms with Crippen LogP contribution in [0.5, 0.6) is 0 Å². The van der Waals surface area contributed by atoms with Gasteiger partial charge in [-0.3, -0.25) is 9.59 Å². The average Bonchev–Trinajstić information content (AvgIpc) is 2.92. The first kappa shape index (κ1) is 27.4. The normalized spacial score (nSPS) is 11.3. The summed E-state index contributed by atoms with van der Waals surface area (Å²) in [6.07, 6.45) is 0. The van der Waals surface area contributed by atoms with E-state index in [4.69, 9.17) is 16.7 Å². The number of carbonyl (C=O) groups is 4. The minimum absolute atomic E-state index is 0.186. The molecular weight excluding hydrogens is 540 g/mol. The minimum Gasteiger partial charge on any atom is -0.478 e. The standard InChI is InChI=1S/C29H21ClN2O6S/c30-19-8-4-9-20(15-19)32-27(34)25(17-6-2-1-3-7-17)39-22-11-5-10-21(16-22)31-26(33)23-13-12-18(28(35)36)14-24(23)29(37)38/h1-16,25H,(H,31,33)(H,32,34)(H,35,36)(H,37,38). The lowest BCUT2D eigenvalue weighted by Crippen LogP contribution is -2.19. The predicted octanol–water partition coefficient (Wildman–Crippen LogP) is 6.46. The van der Waals surface area contributed by atoms with Crippen LogP contribution in [-0.2, 0) is 4.79 Å². The van der Waals surface area contributed by atoms with E-state index in [-0.39, 0.29) is 17.0 Å². The summed E-state index contributed by atoms with van der Waals surface area (Å²) < 4.78 is 0. The SMILES string of the molecule is O=C(O)c1ccc(C(=O)Nc2cccc(SC(C(=O)Nc3cccc(Cl)c3)c3ccccc3)c2)c(C(=O)O)c1. The number of anilines is 2. The number of carboxylic acids is 2. The van der Waals surface area contributed by atoms with Crippen LogP contribution < -0.4 is 10.6 Å². The highest BCUT2D eigenvalue weighted by atomic mass is 35.5. The second kappa shape index (κ2) is 12.3. The van der Waals surface area contributed by atoms with Gasteiger partial charge in [0.15, 0.2) is 0 Å². The Morgan fingerprint density at radius 3 is 2.05 bits per heavy atom. The number of carboxylic acid groups (broad SMARTS) is 2. The van der Waals surface area contributed by atoms with Crippen molar-refractivity contribution in [3.8, 4) is 0 Å². The van der Waals surface area contributed by atoms with Crippen LogP contribution in [-0.4, -0.2) is 34.0 Å². The van der Waals surface area contributed by atoms with Crippen LogP contribution in [0.15, 0.2) is 102 Å². The van der Waals surface area contributed by atoms with E-state index in [9.17, 15) is 24.3 Å². The van der Waals surface area contributed by atoms with Crippen molar-refractivity contribution >= 4 is 58.5 Å². The summed E-state index contributed by atoms with van der Waals surface area (Å²) in [5.41, 5.74) is 0.823. The maximum atomic E-state index is 13.3. The van der Waals surface area contributed by atoms with Crippen molar-refractivity contribution in [2.24, 2.45) is 0 Å². The Labute approximate surface area is 232 Å². The van der Waals surface area contributed by atoms with Gasteiger partial charge < -0.3 is 20.8 Å². The second-order valence-corrected chi connectivity index (χ2v) is 9.88. The molecule has 0 spiro atoms. The Hall–Kier alpha value is -4.60. The van der Waals surface area contributed by atoms with Crippen molar-refractivity contribution in [1.29, 1.82) is 0 Å². The third-order valence-electron chi connectivity index (χ3n) is 5.52. The first-order valence-electron chi connectivity index (χ1n) is 11.5. The van der Waals surface area contributed by atoms with Gasteiger partial charge in [-0.15, -0.1) is 11.8 Å². The third kappa shape index (κ3) is 7.04. The fourth-order valence-electron chi connectivity index (χ4n) is 3.71. The van der Waals surface area contributed by atoms with Gasteiger partial charge in [-0.25, -0.2) is 9.59 Å². The lowest BCUT2D eigenvalue weighted by Gasteiger charge is -2.18. The molecule has 4 N–H and O–H groups in total. The summed E-state index contributed by atoms with van der Waals surface area (Å²) in [5, 5.41) is 24.0. The Morgan fingerprint density at radius 1 is 0.692 bits per heavy atom. The first-order chi connectivity index (χ1) is 18.7. The van der Waals surface area contributed by atoms with Crippen molar-refractivity contribution in [3.05, 3.63) is 124 Å². The van der Waals surface area contributed by atoms with Gasteiger partial charge in [-0.05, 0) is 60.2 Å². The molecule has 0 aliphatic heterocycles. The third-order valence-corrected chi connectivity index (χ3v) is 7.00. The van der Waals surface area contributed by atoms with Crippen molar-refractivity contribution in [2.75, 3.05) is 10.6 Å². The minimum atomic E-state index is -1.43. The number of hydrogen-bond acceptors (Lipinski definition) is 5. The van der Waals surface area contributed by atoms with E-state index >= 15 is 0 Å². The Bertz CT molecular complexity index is 1560. The molecule has 0 saturated heterocycles. The molecule has 10 heteroatoms. The molecule has 8 nitrogen and oxygen atoms in total. The van der Waals surface area contributed by atoms with E-state index in [0.29, 0.717) is 21.3 Å². The number of thioether (sulfide) groups is 1. The van der Waals surface area contributed by atoms with E-state index in [2.05, 4.69) is 10.6 Å². The lowest BCUT2D eigenvalue weighted by atomic mass is 10.0. The fraction of sp³-hybridized carbons (Fsp3) is 0.0345. The number of aromatic carboxylic acids is 2. The molecule has 0 saturated carbocycles. The van der Waals surface area contributed by atoms with Gasteiger partial charge in [0.25, 0.3) is 5.91 Å². The molecule has 4 aromatic rings. The van der Waals surface area contributed by atoms with Gasteiger partial charge in [0.2, 0.25) is 5.91 Å². The number of benzene rings is 4. The topological polar surface area (TPSA) is 133 Å². The van der Waals surface area contributed by atoms with Crippen LogP contribution in [0.25, 0.3) is 0 Å². The molecule has 4 rings (SSSR count). The van der Waals surface area contributed by atoms with Gasteiger partial charge in [0.05, 0.1) is 16.7 Å². The number of rotatable bonds is 9. The number of hydrogen-bond donors (Lipinski definition) is 4. The molecule has 196 valence electrons. The maximum Gasteiger partial charge on any atom is 0.336 e. The Morgan fingerprint density at radius 2 is 1.38 bits per heavy atom. The van der Waals surface area contributed by atoms with Gasteiger partial charge in [-0.1, -0.05) is 54.1 Å². The zero-order valence-corrected chi connectivity index (χ0v) is 21.7. The van der Waals surface area contributed by atoms with Crippen LogP contribution in [0.2, 0.25) is 5.02 Å². The molecule has 0 bridgehead atoms. The lowest BCUT2D eigenvalue weighted by molar-refractivity contribution is -0.115. The second-order valence-electron chi connectivity index (χ2n) is 8.26. The average molecular weight is 561 g/mol. The van der Waals surface area contributed by atoms with Crippen molar-refractivity contribution in [1.82, 2.24) is 0 Å². The summed E-state index contributed by atoms with van der Waals surface area (Å²) in [6.45, 7) is 0. The fourth-order valence-corrected chi connectivity index (χ4v) is 4.98. The van der Waals surface area contributed by atoms with E-state index in [1.165, 1.54) is 17.8 Å². The highest BCUT2D eigenvalue weighted by Gasteiger charge is 2.23. The summed E-state index contributed by atoms with van der Waals surface area (Å²) in [4.78, 5) is 49.8. The predicted molar refractivity (Wildman–Crippen MR) is 150 cm³/mol. The zero-order chi connectivity index (χ0) is 27.9. The van der Waals surface area contributed by atoms with Gasteiger partial charge in [-0.2, -0.15) is 0 Å². The van der Waals surface area contributed by atoms with Crippen LogP contribution in [0.4, 0.5) is 11.4 Å². The maximum absolute atomic E-state index is 13.3. The molecule has 1 unspecified atom stereocenters. The van der Waals surface area contributed by atoms with Crippen LogP contribution >= 0.6 is 23.4 Å². The molecule has 1 atom stereocenters. The molecule has 0 radical (unpaired) electrons. The number of halogens is 1. The molecule has 0 aliphatic rings. The first-order valence-corrected chi connectivity index (χ1v) is 12.8. The molecule has 0 fully saturated rings. The van der Waals surface area contributed by atoms with Gasteiger partial charge >= 0.3 is 11.9 Å². The molecule has 39 heavy (non-hydrogen) atoms. The Balaban J connectivity index is 1.57. The molecular formula is C29H21ClN2O6S. The summed E-state index contributed by atoms with van der Waals surface area (Å²) >= 11 is 7.32. The molecule has 0 heterocycles. The largest absolute Gasteiger partial charge is 0.478 e. The van der Waals surface area contributed by atoms with E-state index < -0.39 is 28.7 Å². The summed E-state index contributed by atoms with van der Waals surface area (Å²) in [6, 6.07) is 26.1. The number of carbonyl (C=O) groups excluding carboxylic acids is 2. The number of amides is 2. The van der Waals surface area contributed by atoms with Gasteiger partial charge in [0.1, 0.15) is 5.25 Å². The molecule has 4 aromatic carbocycles. The van der Waals surface area contributed by atoms with Crippen LogP contribution in [0, 0.1) is 0 Å². The monoisotopic (exact) mass is 560 g/mol. The van der Waals surface area contributed by atoms with Crippen molar-refractivity contribution in [2.45, 2.75) is 10.1 Å². The smallest absolute Gasteiger partial charge is 0.336 e. The quantitative estimate of drug-likeness (QED) is 0.173.